The van der Waals surface area contributed by atoms with Gasteiger partial charge in [0.1, 0.15) is 6.10 Å². The first kappa shape index (κ1) is 14.7. The number of rotatable bonds is 4. The molecule has 0 aliphatic rings. The lowest BCUT2D eigenvalue weighted by molar-refractivity contribution is -0.137. The molecule has 18 heavy (non-hydrogen) atoms. The molecule has 0 aliphatic carbocycles. The summed E-state index contributed by atoms with van der Waals surface area (Å²) in [4.78, 5) is 3.45. The van der Waals surface area contributed by atoms with Crippen LogP contribution in [0.1, 0.15) is 5.56 Å². The molecule has 1 rings (SSSR count). The van der Waals surface area contributed by atoms with E-state index >= 15 is 0 Å². The summed E-state index contributed by atoms with van der Waals surface area (Å²) in [7, 11) is 0. The topological polar surface area (TPSA) is 77.7 Å². The van der Waals surface area contributed by atoms with Gasteiger partial charge in [-0.05, 0) is 6.07 Å². The molecule has 0 saturated carbocycles. The lowest BCUT2D eigenvalue weighted by Crippen LogP contribution is -2.14. The number of aliphatic hydroxyl groups excluding tert-OH is 2. The van der Waals surface area contributed by atoms with Gasteiger partial charge in [-0.25, -0.2) is 4.98 Å². The minimum absolute atomic E-state index is 0.0916. The zero-order valence-corrected chi connectivity index (χ0v) is 9.57. The van der Waals surface area contributed by atoms with E-state index in [9.17, 15) is 13.2 Å². The van der Waals surface area contributed by atoms with Crippen molar-refractivity contribution in [2.24, 2.45) is 5.10 Å². The third-order valence-electron chi connectivity index (χ3n) is 1.77. The molecule has 1 heterocycles. The Labute approximate surface area is 105 Å². The monoisotopic (exact) mass is 283 g/mol. The first-order valence-corrected chi connectivity index (χ1v) is 5.03. The number of nitrogens with one attached hydrogen (secondary N) is 1. The number of anilines is 1. The van der Waals surface area contributed by atoms with Crippen LogP contribution in [0.25, 0.3) is 0 Å². The number of nitrogens with zero attached hydrogens (tertiary/aromatic N) is 2. The van der Waals surface area contributed by atoms with E-state index in [1.54, 1.807) is 0 Å². The molecule has 0 amide bonds. The Kier molecular flexibility index (Phi) is 4.88. The normalized spacial score (nSPS) is 13.9. The van der Waals surface area contributed by atoms with Gasteiger partial charge < -0.3 is 10.2 Å². The molecular weight excluding hydrogens is 275 g/mol. The largest absolute Gasteiger partial charge is 0.417 e. The molecule has 0 aliphatic heterocycles. The highest BCUT2D eigenvalue weighted by molar-refractivity contribution is 6.32. The number of hydrazone groups is 1. The van der Waals surface area contributed by atoms with E-state index in [4.69, 9.17) is 21.8 Å². The van der Waals surface area contributed by atoms with Crippen molar-refractivity contribution in [3.8, 4) is 0 Å². The van der Waals surface area contributed by atoms with Crippen molar-refractivity contribution < 1.29 is 23.4 Å². The number of alkyl halides is 3. The zero-order chi connectivity index (χ0) is 13.8. The van der Waals surface area contributed by atoms with Gasteiger partial charge in [0.15, 0.2) is 5.82 Å². The highest BCUT2D eigenvalue weighted by atomic mass is 35.5. The molecule has 0 radical (unpaired) electrons. The summed E-state index contributed by atoms with van der Waals surface area (Å²) in [6, 6.07) is 0.703. The molecule has 0 bridgehead atoms. The van der Waals surface area contributed by atoms with E-state index in [-0.39, 0.29) is 10.8 Å². The van der Waals surface area contributed by atoms with Crippen LogP contribution in [0.15, 0.2) is 17.4 Å². The van der Waals surface area contributed by atoms with Crippen LogP contribution in [-0.2, 0) is 6.18 Å². The Balaban J connectivity index is 2.78. The molecule has 3 N–H and O–H groups in total. The predicted octanol–water partition coefficient (Wildman–Crippen LogP) is 1.50. The first-order valence-electron chi connectivity index (χ1n) is 4.65. The number of hydrogen-bond acceptors (Lipinski definition) is 5. The van der Waals surface area contributed by atoms with Gasteiger partial charge in [0, 0.05) is 6.20 Å². The highest BCUT2D eigenvalue weighted by Gasteiger charge is 2.31. The fraction of sp³-hybridized carbons (Fsp3) is 0.333. The van der Waals surface area contributed by atoms with Crippen LogP contribution < -0.4 is 5.43 Å². The third-order valence-corrected chi connectivity index (χ3v) is 2.06. The van der Waals surface area contributed by atoms with Crippen LogP contribution in [0.4, 0.5) is 19.0 Å². The standard InChI is InChI=1S/C9H9ClF3N3O2/c10-7-1-5(9(11,12)13)2-14-8(7)16-15-3-6(18)4-17/h1-3,6,17-18H,4H2,(H,14,16). The van der Waals surface area contributed by atoms with Crippen molar-refractivity contribution in [1.29, 1.82) is 0 Å². The minimum atomic E-state index is -4.52. The van der Waals surface area contributed by atoms with Gasteiger partial charge in [-0.1, -0.05) is 11.6 Å². The summed E-state index contributed by atoms with van der Waals surface area (Å²) in [6.45, 7) is -0.528. The fourth-order valence-corrected chi connectivity index (χ4v) is 1.12. The van der Waals surface area contributed by atoms with Crippen molar-refractivity contribution in [2.45, 2.75) is 12.3 Å². The third kappa shape index (κ3) is 4.13. The Morgan fingerprint density at radius 2 is 2.22 bits per heavy atom. The second-order valence-corrected chi connectivity index (χ2v) is 3.60. The van der Waals surface area contributed by atoms with Gasteiger partial charge in [0.05, 0.1) is 23.4 Å². The molecule has 100 valence electrons. The maximum absolute atomic E-state index is 12.3. The van der Waals surface area contributed by atoms with Crippen molar-refractivity contribution in [3.05, 3.63) is 22.8 Å². The number of aliphatic hydroxyl groups is 2. The molecule has 1 aromatic heterocycles. The van der Waals surface area contributed by atoms with Crippen LogP contribution >= 0.6 is 11.6 Å². The molecule has 1 atom stereocenters. The number of halogens is 4. The summed E-state index contributed by atoms with van der Waals surface area (Å²) in [5.41, 5.74) is 1.27. The smallest absolute Gasteiger partial charge is 0.393 e. The second-order valence-electron chi connectivity index (χ2n) is 3.19. The molecule has 0 saturated heterocycles. The Bertz CT molecular complexity index is 440. The molecular formula is C9H9ClF3N3O2. The van der Waals surface area contributed by atoms with Crippen LogP contribution in [0.2, 0.25) is 5.02 Å². The molecule has 1 aromatic rings. The molecule has 0 aromatic carbocycles. The van der Waals surface area contributed by atoms with E-state index in [1.165, 1.54) is 0 Å². The summed E-state index contributed by atoms with van der Waals surface area (Å²) in [6.07, 6.45) is -4.14. The Hall–Kier alpha value is -1.38. The van der Waals surface area contributed by atoms with Crippen molar-refractivity contribution in [3.63, 3.8) is 0 Å². The van der Waals surface area contributed by atoms with Gasteiger partial charge in [0.25, 0.3) is 0 Å². The number of hydrogen-bond donors (Lipinski definition) is 3. The Morgan fingerprint density at radius 1 is 1.56 bits per heavy atom. The maximum Gasteiger partial charge on any atom is 0.417 e. The highest BCUT2D eigenvalue weighted by Crippen LogP contribution is 2.32. The fourth-order valence-electron chi connectivity index (χ4n) is 0.907. The average molecular weight is 284 g/mol. The van der Waals surface area contributed by atoms with Crippen LogP contribution in [-0.4, -0.2) is 34.1 Å². The van der Waals surface area contributed by atoms with E-state index in [0.717, 1.165) is 6.21 Å². The predicted molar refractivity (Wildman–Crippen MR) is 59.5 cm³/mol. The number of pyridine rings is 1. The Morgan fingerprint density at radius 3 is 2.72 bits per heavy atom. The van der Waals surface area contributed by atoms with E-state index in [2.05, 4.69) is 15.5 Å². The van der Waals surface area contributed by atoms with Gasteiger partial charge in [0.2, 0.25) is 0 Å². The second kappa shape index (κ2) is 5.98. The average Bonchev–Trinajstić information content (AvgIpc) is 2.29. The van der Waals surface area contributed by atoms with Gasteiger partial charge in [-0.2, -0.15) is 18.3 Å². The zero-order valence-electron chi connectivity index (χ0n) is 8.82. The van der Waals surface area contributed by atoms with E-state index in [1.807, 2.05) is 0 Å². The summed E-state index contributed by atoms with van der Waals surface area (Å²) in [5, 5.41) is 20.6. The molecule has 9 heteroatoms. The SMILES string of the molecule is OCC(O)C=NNc1ncc(C(F)(F)F)cc1Cl. The summed E-state index contributed by atoms with van der Waals surface area (Å²) < 4.78 is 36.9. The molecule has 0 spiro atoms. The van der Waals surface area contributed by atoms with E-state index in [0.29, 0.717) is 12.3 Å². The summed E-state index contributed by atoms with van der Waals surface area (Å²) >= 11 is 5.57. The lowest BCUT2D eigenvalue weighted by Gasteiger charge is -2.08. The van der Waals surface area contributed by atoms with Crippen molar-refractivity contribution in [1.82, 2.24) is 4.98 Å². The van der Waals surface area contributed by atoms with Crippen LogP contribution in [0.5, 0.6) is 0 Å². The molecule has 0 fully saturated rings. The maximum atomic E-state index is 12.3. The lowest BCUT2D eigenvalue weighted by atomic mass is 10.3. The summed E-state index contributed by atoms with van der Waals surface area (Å²) in [5.74, 6) is -0.0916. The first-order chi connectivity index (χ1) is 8.34. The molecule has 1 unspecified atom stereocenters. The van der Waals surface area contributed by atoms with Gasteiger partial charge >= 0.3 is 6.18 Å². The van der Waals surface area contributed by atoms with Crippen molar-refractivity contribution in [2.75, 3.05) is 12.0 Å². The van der Waals surface area contributed by atoms with Crippen LogP contribution in [0.3, 0.4) is 0 Å². The van der Waals surface area contributed by atoms with Crippen molar-refractivity contribution >= 4 is 23.6 Å². The van der Waals surface area contributed by atoms with Crippen LogP contribution in [0, 0.1) is 0 Å². The van der Waals surface area contributed by atoms with Gasteiger partial charge in [-0.3, -0.25) is 5.43 Å². The minimum Gasteiger partial charge on any atom is -0.393 e. The molecule has 5 nitrogen and oxygen atoms in total. The number of aromatic nitrogens is 1. The quantitative estimate of drug-likeness (QED) is 0.578. The van der Waals surface area contributed by atoms with Gasteiger partial charge in [-0.15, -0.1) is 0 Å². The van der Waals surface area contributed by atoms with E-state index < -0.39 is 24.5 Å².